The van der Waals surface area contributed by atoms with E-state index in [9.17, 15) is 22.0 Å². The Morgan fingerprint density at radius 2 is 1.76 bits per heavy atom. The van der Waals surface area contributed by atoms with Gasteiger partial charge in [0.1, 0.15) is 5.75 Å². The molecule has 1 atom stereocenters. The maximum absolute atomic E-state index is 14.3. The smallest absolute Gasteiger partial charge is 0.308 e. The summed E-state index contributed by atoms with van der Waals surface area (Å²) in [6, 6.07) is 14.5. The van der Waals surface area contributed by atoms with Crippen molar-refractivity contribution in [1.29, 1.82) is 0 Å². The maximum Gasteiger partial charge on any atom is 0.308 e. The first kappa shape index (κ1) is 23.3. The number of benzene rings is 2. The predicted molar refractivity (Wildman–Crippen MR) is 121 cm³/mol. The van der Waals surface area contributed by atoms with Gasteiger partial charge in [0, 0.05) is 12.6 Å². The fourth-order valence-corrected chi connectivity index (χ4v) is 4.20. The third-order valence-corrected chi connectivity index (χ3v) is 6.65. The Balaban J connectivity index is 1.85. The minimum absolute atomic E-state index is 0.0288. The number of carbonyl (C=O) groups excluding carboxylic acids is 1. The summed E-state index contributed by atoms with van der Waals surface area (Å²) >= 11 is 0. The molecule has 0 radical (unpaired) electrons. The number of rotatable bonds is 6. The second-order valence-corrected chi connectivity index (χ2v) is 9.41. The minimum Gasteiger partial charge on any atom is -0.382 e. The van der Waals surface area contributed by atoms with Crippen molar-refractivity contribution in [3.8, 4) is 16.9 Å². The lowest BCUT2D eigenvalue weighted by Crippen LogP contribution is -2.41. The third kappa shape index (κ3) is 3.98. The Labute approximate surface area is 194 Å². The van der Waals surface area contributed by atoms with Crippen LogP contribution in [-0.2, 0) is 20.5 Å². The molecule has 34 heavy (non-hydrogen) atoms. The van der Waals surface area contributed by atoms with E-state index < -0.39 is 33.5 Å². The van der Waals surface area contributed by atoms with Gasteiger partial charge < -0.3 is 9.92 Å². The van der Waals surface area contributed by atoms with Crippen LogP contribution in [0.2, 0.25) is 0 Å². The van der Waals surface area contributed by atoms with E-state index in [0.717, 1.165) is 6.07 Å². The molecule has 11 heteroatoms. The van der Waals surface area contributed by atoms with E-state index >= 15 is 0 Å². The van der Waals surface area contributed by atoms with Gasteiger partial charge in [-0.05, 0) is 53.9 Å². The van der Waals surface area contributed by atoms with Crippen molar-refractivity contribution in [3.63, 3.8) is 0 Å². The van der Waals surface area contributed by atoms with Crippen LogP contribution in [-0.4, -0.2) is 43.0 Å². The summed E-state index contributed by atoms with van der Waals surface area (Å²) in [6.07, 6.45) is 0. The van der Waals surface area contributed by atoms with Crippen molar-refractivity contribution in [1.82, 2.24) is 9.88 Å². The molecular weight excluding hydrogens is 466 g/mol. The Kier molecular flexibility index (Phi) is 5.82. The largest absolute Gasteiger partial charge is 0.382 e. The van der Waals surface area contributed by atoms with Crippen molar-refractivity contribution in [3.05, 3.63) is 83.7 Å². The summed E-state index contributed by atoms with van der Waals surface area (Å²) in [5.41, 5.74) is 5.53. The summed E-state index contributed by atoms with van der Waals surface area (Å²) in [4.78, 5) is 22.3. The lowest BCUT2D eigenvalue weighted by atomic mass is 9.81. The number of nitrogens with zero attached hydrogens (tertiary/aromatic N) is 3. The van der Waals surface area contributed by atoms with Gasteiger partial charge in [-0.3, -0.25) is 9.69 Å². The van der Waals surface area contributed by atoms with Gasteiger partial charge in [0.2, 0.25) is 11.9 Å². The lowest BCUT2D eigenvalue weighted by Gasteiger charge is -2.26. The van der Waals surface area contributed by atoms with Crippen molar-refractivity contribution >= 4 is 22.0 Å². The van der Waals surface area contributed by atoms with Crippen LogP contribution in [0.1, 0.15) is 18.1 Å². The molecule has 0 spiro atoms. The highest BCUT2D eigenvalue weighted by atomic mass is 32.2. The fraction of sp³-hybridized carbons (Fsp3) is 0.174. The van der Waals surface area contributed by atoms with E-state index in [2.05, 4.69) is 9.98 Å². The number of nitrogens with two attached hydrogens (primary N) is 1. The molecule has 2 heterocycles. The normalized spacial score (nSPS) is 18.2. The third-order valence-electron chi connectivity index (χ3n) is 5.49. The molecule has 0 saturated heterocycles. The maximum atomic E-state index is 14.3. The molecule has 2 N–H and O–H groups in total. The number of hydrogen-bond acceptors (Lipinski definition) is 7. The lowest BCUT2D eigenvalue weighted by molar-refractivity contribution is -0.129. The number of pyridine rings is 1. The molecular formula is C23H20F2N4O4S. The second kappa shape index (κ2) is 8.49. The first-order valence-electron chi connectivity index (χ1n) is 10.2. The monoisotopic (exact) mass is 486 g/mol. The summed E-state index contributed by atoms with van der Waals surface area (Å²) < 4.78 is 56.2. The van der Waals surface area contributed by atoms with Gasteiger partial charge in [-0.2, -0.15) is 22.2 Å². The van der Waals surface area contributed by atoms with Crippen molar-refractivity contribution in [2.24, 2.45) is 10.7 Å². The first-order chi connectivity index (χ1) is 16.1. The van der Waals surface area contributed by atoms with E-state index in [1.165, 1.54) is 49.2 Å². The number of hydrogen-bond donors (Lipinski definition) is 1. The first-order valence-corrected chi connectivity index (χ1v) is 11.7. The molecule has 8 nitrogen and oxygen atoms in total. The SMILES string of the molecule is CCS(=O)(=O)Oc1ccc(C2(c3cccc(-c4ccc(F)nc4F)c3)N=C(N)N(C)C2=O)cc1. The number of halogens is 2. The Bertz CT molecular complexity index is 1410. The van der Waals surface area contributed by atoms with E-state index in [-0.39, 0.29) is 23.0 Å². The van der Waals surface area contributed by atoms with Gasteiger partial charge in [0.05, 0.1) is 5.75 Å². The quantitative estimate of drug-likeness (QED) is 0.423. The molecule has 0 aliphatic carbocycles. The van der Waals surface area contributed by atoms with Crippen LogP contribution >= 0.6 is 0 Å². The zero-order valence-corrected chi connectivity index (χ0v) is 19.0. The number of likely N-dealkylation sites (N-methyl/N-ethyl adjacent to an activating group) is 1. The average Bonchev–Trinajstić information content (AvgIpc) is 3.04. The topological polar surface area (TPSA) is 115 Å². The molecule has 4 rings (SSSR count). The Morgan fingerprint density at radius 3 is 2.35 bits per heavy atom. The predicted octanol–water partition coefficient (Wildman–Crippen LogP) is 2.79. The van der Waals surface area contributed by atoms with Gasteiger partial charge in [-0.1, -0.05) is 30.3 Å². The zero-order valence-electron chi connectivity index (χ0n) is 18.2. The highest BCUT2D eigenvalue weighted by Gasteiger charge is 2.49. The summed E-state index contributed by atoms with van der Waals surface area (Å²) in [5, 5.41) is 0. The van der Waals surface area contributed by atoms with E-state index in [4.69, 9.17) is 9.92 Å². The standard InChI is InChI=1S/C23H20F2N4O4S/c1-3-34(31,32)33-17-9-7-15(8-10-17)23(21(30)29(2)22(26)28-23)16-6-4-5-14(13-16)18-11-12-19(24)27-20(18)25/h4-13H,3H2,1-2H3,(H2,26,28). The molecule has 3 aromatic rings. The van der Waals surface area contributed by atoms with Crippen LogP contribution in [0.3, 0.4) is 0 Å². The van der Waals surface area contributed by atoms with Crippen LogP contribution in [0, 0.1) is 11.9 Å². The average molecular weight is 487 g/mol. The molecule has 1 unspecified atom stereocenters. The van der Waals surface area contributed by atoms with Gasteiger partial charge in [-0.15, -0.1) is 0 Å². The highest BCUT2D eigenvalue weighted by molar-refractivity contribution is 7.87. The van der Waals surface area contributed by atoms with Crippen LogP contribution in [0.4, 0.5) is 8.78 Å². The van der Waals surface area contributed by atoms with E-state index in [0.29, 0.717) is 16.7 Å². The number of guanidine groups is 1. The van der Waals surface area contributed by atoms with Crippen molar-refractivity contribution in [2.75, 3.05) is 12.8 Å². The molecule has 0 fully saturated rings. The second-order valence-electron chi connectivity index (χ2n) is 7.55. The van der Waals surface area contributed by atoms with Gasteiger partial charge in [-0.25, -0.2) is 4.99 Å². The van der Waals surface area contributed by atoms with Gasteiger partial charge >= 0.3 is 10.1 Å². The molecule has 0 saturated carbocycles. The molecule has 1 amide bonds. The molecule has 0 bridgehead atoms. The minimum atomic E-state index is -3.73. The van der Waals surface area contributed by atoms with Crippen LogP contribution in [0.15, 0.2) is 65.7 Å². The number of amides is 1. The number of aliphatic imine (C=N–C) groups is 1. The Morgan fingerprint density at radius 1 is 1.06 bits per heavy atom. The van der Waals surface area contributed by atoms with Gasteiger partial charge in [0.15, 0.2) is 11.5 Å². The van der Waals surface area contributed by atoms with E-state index in [1.54, 1.807) is 24.3 Å². The highest BCUT2D eigenvalue weighted by Crippen LogP contribution is 2.41. The van der Waals surface area contributed by atoms with Crippen LogP contribution in [0.25, 0.3) is 11.1 Å². The number of carbonyl (C=O) groups is 1. The van der Waals surface area contributed by atoms with Crippen LogP contribution < -0.4 is 9.92 Å². The summed E-state index contributed by atoms with van der Waals surface area (Å²) in [7, 11) is -2.26. The molecule has 1 aromatic heterocycles. The van der Waals surface area contributed by atoms with Crippen LogP contribution in [0.5, 0.6) is 5.75 Å². The van der Waals surface area contributed by atoms with Crippen molar-refractivity contribution in [2.45, 2.75) is 12.5 Å². The van der Waals surface area contributed by atoms with E-state index in [1.807, 2.05) is 0 Å². The molecule has 176 valence electrons. The molecule has 1 aliphatic rings. The summed E-state index contributed by atoms with van der Waals surface area (Å²) in [5.74, 6) is -2.57. The van der Waals surface area contributed by atoms with Crippen molar-refractivity contribution < 1.29 is 26.2 Å². The molecule has 1 aliphatic heterocycles. The van der Waals surface area contributed by atoms with Gasteiger partial charge in [0.25, 0.3) is 5.91 Å². The fourth-order valence-electron chi connectivity index (χ4n) is 3.68. The summed E-state index contributed by atoms with van der Waals surface area (Å²) in [6.45, 7) is 1.45. The number of aromatic nitrogens is 1. The Hall–Kier alpha value is -3.86. The zero-order chi connectivity index (χ0) is 24.7. The molecule has 2 aromatic carbocycles.